The number of alkyl halides is 3. The maximum atomic E-state index is 13.2. The average Bonchev–Trinajstić information content (AvgIpc) is 2.68. The van der Waals surface area contributed by atoms with Crippen molar-refractivity contribution in [2.24, 2.45) is 0 Å². The second-order valence-electron chi connectivity index (χ2n) is 6.97. The Morgan fingerprint density at radius 2 is 1.57 bits per heavy atom. The monoisotopic (exact) mass is 412 g/mol. The summed E-state index contributed by atoms with van der Waals surface area (Å²) < 4.78 is 66.0. The number of sulfonamides is 1. The van der Waals surface area contributed by atoms with E-state index in [1.54, 1.807) is 0 Å². The standard InChI is InChI=1S/C20H23F3N2O2S/c1-24(28(26,27)19-8-4-3-7-18(19)20(21,22)23)15-16-9-11-17(12-10-16)25-13-5-2-6-14-25/h3-4,7-12H,2,5-6,13-15H2,1H3. The van der Waals surface area contributed by atoms with Crippen LogP contribution in [0.3, 0.4) is 0 Å². The third-order valence-corrected chi connectivity index (χ3v) is 6.81. The second kappa shape index (κ2) is 8.13. The molecule has 1 heterocycles. The first kappa shape index (κ1) is 20.7. The molecular formula is C20H23F3N2O2S. The fourth-order valence-electron chi connectivity index (χ4n) is 3.40. The van der Waals surface area contributed by atoms with E-state index in [1.165, 1.54) is 25.6 Å². The Labute approximate surface area is 163 Å². The van der Waals surface area contributed by atoms with Gasteiger partial charge in [0.1, 0.15) is 0 Å². The third kappa shape index (κ3) is 4.50. The van der Waals surface area contributed by atoms with Crippen molar-refractivity contribution in [3.8, 4) is 0 Å². The molecule has 0 saturated carbocycles. The van der Waals surface area contributed by atoms with Gasteiger partial charge in [-0.3, -0.25) is 0 Å². The van der Waals surface area contributed by atoms with Crippen molar-refractivity contribution in [2.75, 3.05) is 25.0 Å². The number of rotatable bonds is 5. The van der Waals surface area contributed by atoms with Gasteiger partial charge in [0.05, 0.1) is 10.5 Å². The predicted molar refractivity (Wildman–Crippen MR) is 103 cm³/mol. The molecule has 8 heteroatoms. The molecule has 2 aromatic carbocycles. The molecule has 4 nitrogen and oxygen atoms in total. The van der Waals surface area contributed by atoms with Gasteiger partial charge < -0.3 is 4.90 Å². The highest BCUT2D eigenvalue weighted by atomic mass is 32.2. The van der Waals surface area contributed by atoms with Gasteiger partial charge in [0.2, 0.25) is 10.0 Å². The molecule has 3 rings (SSSR count). The largest absolute Gasteiger partial charge is 0.417 e. The van der Waals surface area contributed by atoms with E-state index in [4.69, 9.17) is 0 Å². The minimum atomic E-state index is -4.74. The fraction of sp³-hybridized carbons (Fsp3) is 0.400. The predicted octanol–water partition coefficient (Wildman–Crippen LogP) is 4.52. The van der Waals surface area contributed by atoms with Crippen LogP contribution >= 0.6 is 0 Å². The van der Waals surface area contributed by atoms with Gasteiger partial charge in [0.25, 0.3) is 0 Å². The molecule has 1 aliphatic heterocycles. The van der Waals surface area contributed by atoms with Crippen molar-refractivity contribution in [3.05, 3.63) is 59.7 Å². The molecule has 152 valence electrons. The maximum absolute atomic E-state index is 13.2. The van der Waals surface area contributed by atoms with Crippen LogP contribution in [0, 0.1) is 0 Å². The Hall–Kier alpha value is -2.06. The normalized spacial score (nSPS) is 15.8. The number of hydrogen-bond donors (Lipinski definition) is 0. The van der Waals surface area contributed by atoms with Crippen molar-refractivity contribution in [1.29, 1.82) is 0 Å². The van der Waals surface area contributed by atoms with Gasteiger partial charge in [-0.05, 0) is 49.1 Å². The van der Waals surface area contributed by atoms with Crippen LogP contribution < -0.4 is 4.90 Å². The van der Waals surface area contributed by atoms with Crippen LogP contribution in [0.5, 0.6) is 0 Å². The summed E-state index contributed by atoms with van der Waals surface area (Å²) in [5.74, 6) is 0. The summed E-state index contributed by atoms with van der Waals surface area (Å²) >= 11 is 0. The van der Waals surface area contributed by atoms with Crippen molar-refractivity contribution in [2.45, 2.75) is 36.9 Å². The van der Waals surface area contributed by atoms with Crippen LogP contribution in [0.1, 0.15) is 30.4 Å². The van der Waals surface area contributed by atoms with Gasteiger partial charge in [0.15, 0.2) is 0 Å². The summed E-state index contributed by atoms with van der Waals surface area (Å²) in [6.45, 7) is 2.00. The Bertz CT molecular complexity index is 906. The van der Waals surface area contributed by atoms with Gasteiger partial charge in [-0.1, -0.05) is 24.3 Å². The molecular weight excluding hydrogens is 389 g/mol. The molecule has 0 N–H and O–H groups in total. The van der Waals surface area contributed by atoms with E-state index in [9.17, 15) is 21.6 Å². The maximum Gasteiger partial charge on any atom is 0.417 e. The van der Waals surface area contributed by atoms with E-state index in [0.29, 0.717) is 0 Å². The SMILES string of the molecule is CN(Cc1ccc(N2CCCCC2)cc1)S(=O)(=O)c1ccccc1C(F)(F)F. The van der Waals surface area contributed by atoms with Gasteiger partial charge in [-0.2, -0.15) is 17.5 Å². The lowest BCUT2D eigenvalue weighted by molar-refractivity contribution is -0.139. The second-order valence-corrected chi connectivity index (χ2v) is 8.98. The number of nitrogens with zero attached hydrogens (tertiary/aromatic N) is 2. The molecule has 0 aliphatic carbocycles. The highest BCUT2D eigenvalue weighted by molar-refractivity contribution is 7.89. The number of hydrogen-bond acceptors (Lipinski definition) is 3. The molecule has 1 saturated heterocycles. The van der Waals surface area contributed by atoms with Gasteiger partial charge >= 0.3 is 6.18 Å². The topological polar surface area (TPSA) is 40.6 Å². The highest BCUT2D eigenvalue weighted by Gasteiger charge is 2.38. The average molecular weight is 412 g/mol. The van der Waals surface area contributed by atoms with Gasteiger partial charge in [-0.15, -0.1) is 0 Å². The molecule has 28 heavy (non-hydrogen) atoms. The number of anilines is 1. The number of piperidine rings is 1. The molecule has 0 unspecified atom stereocenters. The van der Waals surface area contributed by atoms with Crippen LogP contribution in [0.15, 0.2) is 53.4 Å². The molecule has 0 amide bonds. The minimum Gasteiger partial charge on any atom is -0.372 e. The molecule has 0 bridgehead atoms. The Kier molecular flexibility index (Phi) is 6.00. The Morgan fingerprint density at radius 1 is 0.964 bits per heavy atom. The Balaban J connectivity index is 1.78. The first-order chi connectivity index (χ1) is 13.2. The zero-order chi connectivity index (χ0) is 20.4. The highest BCUT2D eigenvalue weighted by Crippen LogP contribution is 2.35. The lowest BCUT2D eigenvalue weighted by Crippen LogP contribution is -2.29. The molecule has 2 aromatic rings. The van der Waals surface area contributed by atoms with Crippen molar-refractivity contribution in [1.82, 2.24) is 4.31 Å². The molecule has 1 fully saturated rings. The van der Waals surface area contributed by atoms with Crippen LogP contribution in [0.4, 0.5) is 18.9 Å². The van der Waals surface area contributed by atoms with E-state index < -0.39 is 26.7 Å². The van der Waals surface area contributed by atoms with Crippen LogP contribution in [0.25, 0.3) is 0 Å². The van der Waals surface area contributed by atoms with E-state index >= 15 is 0 Å². The molecule has 0 atom stereocenters. The zero-order valence-corrected chi connectivity index (χ0v) is 16.4. The minimum absolute atomic E-state index is 0.00515. The summed E-state index contributed by atoms with van der Waals surface area (Å²) in [6, 6.07) is 11.8. The zero-order valence-electron chi connectivity index (χ0n) is 15.6. The van der Waals surface area contributed by atoms with Crippen LogP contribution in [0.2, 0.25) is 0 Å². The van der Waals surface area contributed by atoms with Crippen LogP contribution in [-0.2, 0) is 22.7 Å². The third-order valence-electron chi connectivity index (χ3n) is 4.94. The Morgan fingerprint density at radius 3 is 2.18 bits per heavy atom. The first-order valence-corrected chi connectivity index (χ1v) is 10.6. The smallest absolute Gasteiger partial charge is 0.372 e. The van der Waals surface area contributed by atoms with E-state index in [-0.39, 0.29) is 6.54 Å². The van der Waals surface area contributed by atoms with Crippen molar-refractivity contribution in [3.63, 3.8) is 0 Å². The molecule has 0 spiro atoms. The van der Waals surface area contributed by atoms with E-state index in [1.807, 2.05) is 24.3 Å². The van der Waals surface area contributed by atoms with Crippen molar-refractivity contribution < 1.29 is 21.6 Å². The molecule has 0 radical (unpaired) electrons. The number of benzene rings is 2. The molecule has 1 aliphatic rings. The quantitative estimate of drug-likeness (QED) is 0.725. The summed E-state index contributed by atoms with van der Waals surface area (Å²) in [5.41, 5.74) is 0.648. The van der Waals surface area contributed by atoms with E-state index in [2.05, 4.69) is 4.90 Å². The summed E-state index contributed by atoms with van der Waals surface area (Å²) in [4.78, 5) is 1.56. The lowest BCUT2D eigenvalue weighted by atomic mass is 10.1. The summed E-state index contributed by atoms with van der Waals surface area (Å²) in [6.07, 6.45) is -1.19. The van der Waals surface area contributed by atoms with Gasteiger partial charge in [0, 0.05) is 32.4 Å². The van der Waals surface area contributed by atoms with Gasteiger partial charge in [-0.25, -0.2) is 8.42 Å². The lowest BCUT2D eigenvalue weighted by Gasteiger charge is -2.29. The fourth-order valence-corrected chi connectivity index (χ4v) is 4.77. The number of halogens is 3. The molecule has 0 aromatic heterocycles. The van der Waals surface area contributed by atoms with Crippen molar-refractivity contribution >= 4 is 15.7 Å². The first-order valence-electron chi connectivity index (χ1n) is 9.16. The van der Waals surface area contributed by atoms with E-state index in [0.717, 1.165) is 53.6 Å². The van der Waals surface area contributed by atoms with Crippen LogP contribution in [-0.4, -0.2) is 32.9 Å². The summed E-state index contributed by atoms with van der Waals surface area (Å²) in [7, 11) is -2.99. The summed E-state index contributed by atoms with van der Waals surface area (Å²) in [5, 5.41) is 0.